The molecule has 1 aromatic rings. The molecule has 0 radical (unpaired) electrons. The fourth-order valence-electron chi connectivity index (χ4n) is 1.57. The third-order valence-electron chi connectivity index (χ3n) is 2.71. The van der Waals surface area contributed by atoms with E-state index in [1.165, 1.54) is 18.3 Å². The van der Waals surface area contributed by atoms with Gasteiger partial charge in [0, 0.05) is 6.20 Å². The number of nitrogens with zero attached hydrogens (tertiary/aromatic N) is 1. The van der Waals surface area contributed by atoms with Crippen LogP contribution >= 0.6 is 0 Å². The van der Waals surface area contributed by atoms with Crippen LogP contribution in [-0.4, -0.2) is 30.2 Å². The minimum atomic E-state index is -3.33. The first-order valence-electron chi connectivity index (χ1n) is 5.73. The van der Waals surface area contributed by atoms with Gasteiger partial charge in [0.15, 0.2) is 9.84 Å². The van der Waals surface area contributed by atoms with Crippen molar-refractivity contribution in [3.63, 3.8) is 0 Å². The van der Waals surface area contributed by atoms with Gasteiger partial charge in [-0.25, -0.2) is 13.2 Å². The van der Waals surface area contributed by atoms with E-state index < -0.39 is 15.8 Å². The van der Waals surface area contributed by atoms with Crippen molar-refractivity contribution in [2.75, 3.05) is 5.75 Å². The van der Waals surface area contributed by atoms with Crippen molar-refractivity contribution < 1.29 is 18.3 Å². The van der Waals surface area contributed by atoms with Gasteiger partial charge >= 0.3 is 5.97 Å². The summed E-state index contributed by atoms with van der Waals surface area (Å²) >= 11 is 0. The third kappa shape index (κ3) is 4.10. The summed E-state index contributed by atoms with van der Waals surface area (Å²) in [5.74, 6) is -1.36. The number of pyridine rings is 1. The van der Waals surface area contributed by atoms with E-state index in [2.05, 4.69) is 4.98 Å². The van der Waals surface area contributed by atoms with E-state index in [9.17, 15) is 13.2 Å². The lowest BCUT2D eigenvalue weighted by molar-refractivity contribution is 0.0695. The Labute approximate surface area is 107 Å². The van der Waals surface area contributed by atoms with Crippen molar-refractivity contribution in [1.82, 2.24) is 4.98 Å². The van der Waals surface area contributed by atoms with Crippen LogP contribution in [0.25, 0.3) is 0 Å². The maximum atomic E-state index is 11.9. The molecule has 0 spiro atoms. The molecule has 1 aromatic heterocycles. The Hall–Kier alpha value is -1.43. The maximum absolute atomic E-state index is 11.9. The fraction of sp³-hybridized carbons (Fsp3) is 0.500. The molecule has 0 aliphatic rings. The van der Waals surface area contributed by atoms with Crippen molar-refractivity contribution in [2.45, 2.75) is 26.0 Å². The zero-order valence-electron chi connectivity index (χ0n) is 10.5. The van der Waals surface area contributed by atoms with Crippen LogP contribution in [0, 0.1) is 5.92 Å². The molecule has 1 N–H and O–H groups in total. The average molecular weight is 271 g/mol. The van der Waals surface area contributed by atoms with Crippen LogP contribution < -0.4 is 0 Å². The van der Waals surface area contributed by atoms with E-state index in [0.717, 1.165) is 6.42 Å². The second-order valence-electron chi connectivity index (χ2n) is 4.37. The van der Waals surface area contributed by atoms with Crippen LogP contribution in [0.2, 0.25) is 0 Å². The second-order valence-corrected chi connectivity index (χ2v) is 6.48. The zero-order chi connectivity index (χ0) is 13.8. The first-order valence-corrected chi connectivity index (χ1v) is 7.55. The van der Waals surface area contributed by atoms with Gasteiger partial charge in [-0.2, -0.15) is 0 Å². The molecule has 0 aromatic carbocycles. The van der Waals surface area contributed by atoms with Gasteiger partial charge in [-0.3, -0.25) is 4.98 Å². The highest BCUT2D eigenvalue weighted by Crippen LogP contribution is 2.13. The van der Waals surface area contributed by atoms with Gasteiger partial charge < -0.3 is 5.11 Å². The molecule has 100 valence electrons. The minimum Gasteiger partial charge on any atom is -0.478 e. The number of carboxylic acid groups (broad SMARTS) is 1. The summed E-state index contributed by atoms with van der Waals surface area (Å²) < 4.78 is 23.8. The molecule has 5 nitrogen and oxygen atoms in total. The van der Waals surface area contributed by atoms with E-state index in [1.54, 1.807) is 0 Å². The molecule has 0 saturated carbocycles. The molecule has 0 bridgehead atoms. The Morgan fingerprint density at radius 2 is 2.17 bits per heavy atom. The van der Waals surface area contributed by atoms with Gasteiger partial charge in [0.25, 0.3) is 0 Å². The van der Waals surface area contributed by atoms with Gasteiger partial charge in [0.1, 0.15) is 0 Å². The van der Waals surface area contributed by atoms with E-state index in [0.29, 0.717) is 0 Å². The number of aromatic carboxylic acids is 1. The smallest absolute Gasteiger partial charge is 0.337 e. The van der Waals surface area contributed by atoms with Gasteiger partial charge in [-0.05, 0) is 18.1 Å². The standard InChI is InChI=1S/C12H17NO4S/c1-3-9(2)7-18(16,17)8-11-10(12(14)15)5-4-6-13-11/h4-6,9H,3,7-8H2,1-2H3,(H,14,15). The molecule has 1 heterocycles. The molecular weight excluding hydrogens is 254 g/mol. The van der Waals surface area contributed by atoms with Crippen molar-refractivity contribution >= 4 is 15.8 Å². The first-order chi connectivity index (χ1) is 8.35. The molecule has 1 rings (SSSR count). The number of carbonyl (C=O) groups is 1. The van der Waals surface area contributed by atoms with Crippen LogP contribution in [0.5, 0.6) is 0 Å². The third-order valence-corrected chi connectivity index (χ3v) is 4.50. The zero-order valence-corrected chi connectivity index (χ0v) is 11.3. The van der Waals surface area contributed by atoms with Crippen LogP contribution in [-0.2, 0) is 15.6 Å². The van der Waals surface area contributed by atoms with Crippen LogP contribution in [0.15, 0.2) is 18.3 Å². The Kier molecular flexibility index (Phi) is 4.84. The Bertz CT molecular complexity index is 525. The monoisotopic (exact) mass is 271 g/mol. The number of aromatic nitrogens is 1. The molecule has 6 heteroatoms. The molecule has 1 unspecified atom stereocenters. The second kappa shape index (κ2) is 5.95. The van der Waals surface area contributed by atoms with E-state index in [1.807, 2.05) is 13.8 Å². The quantitative estimate of drug-likeness (QED) is 0.852. The summed E-state index contributed by atoms with van der Waals surface area (Å²) in [4.78, 5) is 14.8. The van der Waals surface area contributed by atoms with Crippen molar-refractivity contribution in [2.24, 2.45) is 5.92 Å². The average Bonchev–Trinajstić information content (AvgIpc) is 2.28. The molecule has 1 atom stereocenters. The van der Waals surface area contributed by atoms with Crippen molar-refractivity contribution in [1.29, 1.82) is 0 Å². The molecule has 18 heavy (non-hydrogen) atoms. The van der Waals surface area contributed by atoms with Crippen LogP contribution in [0.4, 0.5) is 0 Å². The van der Waals surface area contributed by atoms with Crippen LogP contribution in [0.3, 0.4) is 0 Å². The molecule has 0 saturated heterocycles. The van der Waals surface area contributed by atoms with Crippen LogP contribution in [0.1, 0.15) is 36.3 Å². The topological polar surface area (TPSA) is 84.3 Å². The summed E-state index contributed by atoms with van der Waals surface area (Å²) in [5.41, 5.74) is 0.0542. The number of hydrogen-bond acceptors (Lipinski definition) is 4. The largest absolute Gasteiger partial charge is 0.478 e. The number of rotatable bonds is 6. The highest BCUT2D eigenvalue weighted by atomic mass is 32.2. The van der Waals surface area contributed by atoms with Gasteiger partial charge in [-0.1, -0.05) is 20.3 Å². The SMILES string of the molecule is CCC(C)CS(=O)(=O)Cc1ncccc1C(=O)O. The summed E-state index contributed by atoms with van der Waals surface area (Å²) in [6.45, 7) is 3.78. The Morgan fingerprint density at radius 1 is 1.50 bits per heavy atom. The summed E-state index contributed by atoms with van der Waals surface area (Å²) in [7, 11) is -3.33. The first kappa shape index (κ1) is 14.6. The number of sulfone groups is 1. The lowest BCUT2D eigenvalue weighted by Crippen LogP contribution is -2.17. The Morgan fingerprint density at radius 3 is 2.72 bits per heavy atom. The summed E-state index contributed by atoms with van der Waals surface area (Å²) in [5, 5.41) is 8.96. The maximum Gasteiger partial charge on any atom is 0.337 e. The summed E-state index contributed by atoms with van der Waals surface area (Å²) in [6.07, 6.45) is 2.17. The highest BCUT2D eigenvalue weighted by molar-refractivity contribution is 7.90. The lowest BCUT2D eigenvalue weighted by atomic mass is 10.2. The molecule has 0 fully saturated rings. The summed E-state index contributed by atoms with van der Waals surface area (Å²) in [6, 6.07) is 2.84. The predicted octanol–water partition coefficient (Wildman–Crippen LogP) is 1.74. The highest BCUT2D eigenvalue weighted by Gasteiger charge is 2.20. The van der Waals surface area contributed by atoms with Gasteiger partial charge in [0.05, 0.1) is 22.8 Å². The molecule has 0 amide bonds. The fourth-order valence-corrected chi connectivity index (χ4v) is 3.43. The molecular formula is C12H17NO4S. The van der Waals surface area contributed by atoms with E-state index in [4.69, 9.17) is 5.11 Å². The van der Waals surface area contributed by atoms with Gasteiger partial charge in [-0.15, -0.1) is 0 Å². The Balaban J connectivity index is 2.94. The number of carboxylic acids is 1. The van der Waals surface area contributed by atoms with E-state index in [-0.39, 0.29) is 28.7 Å². The molecule has 0 aliphatic carbocycles. The van der Waals surface area contributed by atoms with Crippen molar-refractivity contribution in [3.8, 4) is 0 Å². The predicted molar refractivity (Wildman–Crippen MR) is 68.1 cm³/mol. The lowest BCUT2D eigenvalue weighted by Gasteiger charge is -2.10. The van der Waals surface area contributed by atoms with E-state index >= 15 is 0 Å². The number of hydrogen-bond donors (Lipinski definition) is 1. The normalized spacial score (nSPS) is 13.2. The molecule has 0 aliphatic heterocycles. The minimum absolute atomic E-state index is 0.0507. The van der Waals surface area contributed by atoms with Gasteiger partial charge in [0.2, 0.25) is 0 Å². The van der Waals surface area contributed by atoms with Crippen molar-refractivity contribution in [3.05, 3.63) is 29.6 Å².